The Kier molecular flexibility index (Phi) is 9.85. The zero-order valence-electron chi connectivity index (χ0n) is 23.8. The minimum atomic E-state index is -2.69. The molecule has 3 atom stereocenters. The van der Waals surface area contributed by atoms with Crippen LogP contribution in [0.3, 0.4) is 0 Å². The number of para-hydroxylation sites is 1. The number of nitrogens with zero attached hydrogens (tertiary/aromatic N) is 3. The fraction of sp³-hybridized carbons (Fsp3) is 0.448. The van der Waals surface area contributed by atoms with Crippen molar-refractivity contribution in [2.75, 3.05) is 23.7 Å². The first-order valence-corrected chi connectivity index (χ1v) is 15.3. The Balaban J connectivity index is 0.000000182. The van der Waals surface area contributed by atoms with Gasteiger partial charge in [-0.3, -0.25) is 13.8 Å². The van der Waals surface area contributed by atoms with Gasteiger partial charge in [0.2, 0.25) is 0 Å². The molecule has 2 N–H and O–H groups in total. The number of rotatable bonds is 3. The molecule has 2 aliphatic heterocycles. The first kappa shape index (κ1) is 32.5. The second-order valence-electron chi connectivity index (χ2n) is 11.1. The number of H-pyrrole nitrogens is 1. The van der Waals surface area contributed by atoms with Crippen molar-refractivity contribution in [2.45, 2.75) is 56.9 Å². The van der Waals surface area contributed by atoms with E-state index >= 15 is 4.39 Å². The summed E-state index contributed by atoms with van der Waals surface area (Å²) in [5, 5.41) is 7.93. The number of benzene rings is 1. The molecule has 5 heterocycles. The molecular weight excluding hydrogens is 609 g/mol. The number of anilines is 1. The molecule has 0 amide bonds. The summed E-state index contributed by atoms with van der Waals surface area (Å²) in [6.07, 6.45) is 0.778. The Labute approximate surface area is 252 Å². The highest BCUT2D eigenvalue weighted by Gasteiger charge is 2.51. The Morgan fingerprint density at radius 1 is 1.23 bits per heavy atom. The fourth-order valence-corrected chi connectivity index (χ4v) is 7.12. The molecule has 0 spiro atoms. The van der Waals surface area contributed by atoms with Crippen molar-refractivity contribution < 1.29 is 31.7 Å². The van der Waals surface area contributed by atoms with Crippen LogP contribution in [0.4, 0.5) is 19.0 Å². The van der Waals surface area contributed by atoms with E-state index in [4.69, 9.17) is 25.9 Å². The monoisotopic (exact) mass is 640 g/mol. The highest BCUT2D eigenvalue weighted by Crippen LogP contribution is 2.46. The summed E-state index contributed by atoms with van der Waals surface area (Å²) >= 11 is 5.85. The molecule has 1 aromatic carbocycles. The number of halogens is 4. The molecule has 0 saturated carbocycles. The number of hydrogen-bond donors (Lipinski definition) is 2. The van der Waals surface area contributed by atoms with Crippen LogP contribution in [0.25, 0.3) is 22.1 Å². The Morgan fingerprint density at radius 2 is 1.88 bits per heavy atom. The van der Waals surface area contributed by atoms with Crippen molar-refractivity contribution >= 4 is 56.8 Å². The lowest BCUT2D eigenvalue weighted by molar-refractivity contribution is -0.122. The highest BCUT2D eigenvalue weighted by atomic mass is 35.5. The maximum Gasteiger partial charge on any atom is 0.297 e. The van der Waals surface area contributed by atoms with E-state index in [0.717, 1.165) is 31.3 Å². The van der Waals surface area contributed by atoms with Gasteiger partial charge in [-0.2, -0.15) is 0 Å². The van der Waals surface area contributed by atoms with E-state index in [1.807, 2.05) is 29.2 Å². The van der Waals surface area contributed by atoms with E-state index in [1.54, 1.807) is 20.8 Å². The summed E-state index contributed by atoms with van der Waals surface area (Å²) in [4.78, 5) is 32.8. The van der Waals surface area contributed by atoms with E-state index in [0.29, 0.717) is 27.5 Å². The normalized spacial score (nSPS) is 23.0. The van der Waals surface area contributed by atoms with Gasteiger partial charge in [0.1, 0.15) is 16.8 Å². The van der Waals surface area contributed by atoms with Gasteiger partial charge in [0, 0.05) is 58.3 Å². The lowest BCUT2D eigenvalue weighted by Gasteiger charge is -2.43. The van der Waals surface area contributed by atoms with Crippen LogP contribution in [0, 0.1) is 5.92 Å². The van der Waals surface area contributed by atoms with Crippen LogP contribution in [0.5, 0.6) is 0 Å². The van der Waals surface area contributed by atoms with Crippen LogP contribution in [-0.2, 0) is 21.3 Å². The summed E-state index contributed by atoms with van der Waals surface area (Å²) in [7, 11) is -1.10. The fourth-order valence-electron chi connectivity index (χ4n) is 5.42. The molecule has 6 rings (SSSR count). The molecule has 3 aromatic heterocycles. The molecule has 2 fully saturated rings. The third-order valence-electron chi connectivity index (χ3n) is 7.62. The van der Waals surface area contributed by atoms with Gasteiger partial charge in [0.05, 0.1) is 10.6 Å². The summed E-state index contributed by atoms with van der Waals surface area (Å²) in [5.41, 5.74) is -0.607. The van der Waals surface area contributed by atoms with Crippen molar-refractivity contribution in [3.8, 4) is 0 Å². The van der Waals surface area contributed by atoms with Crippen LogP contribution in [-0.4, -0.2) is 54.3 Å². The number of fused-ring (bicyclic) bond motifs is 3. The molecule has 9 nitrogen and oxygen atoms in total. The maximum absolute atomic E-state index is 15.4. The maximum atomic E-state index is 15.4. The third kappa shape index (κ3) is 6.72. The van der Waals surface area contributed by atoms with Crippen molar-refractivity contribution in [2.24, 2.45) is 5.92 Å². The van der Waals surface area contributed by atoms with Crippen molar-refractivity contribution in [1.29, 1.82) is 0 Å². The smallest absolute Gasteiger partial charge is 0.297 e. The molecule has 14 heteroatoms. The first-order valence-electron chi connectivity index (χ1n) is 13.6. The van der Waals surface area contributed by atoms with Crippen molar-refractivity contribution in [3.63, 3.8) is 0 Å². The molecule has 2 saturated heterocycles. The number of aromatic nitrogens is 3. The number of alkyl halides is 3. The van der Waals surface area contributed by atoms with E-state index in [1.165, 1.54) is 12.3 Å². The number of pyridine rings is 1. The quantitative estimate of drug-likeness (QED) is 0.247. The number of aromatic amines is 1. The minimum Gasteiger partial charge on any atom is -0.483 e. The van der Waals surface area contributed by atoms with E-state index in [-0.39, 0.29) is 24.2 Å². The minimum absolute atomic E-state index is 0.0391. The standard InChI is InChI=1S/C15H13F2N3O.C13H17ClFNO2S.CH2O2/c16-13(17)14-18-11-9-5-1-2-6-10(9)21-12(11)15(19-14)20-7-3-4-8-20;1-8-6-19(18)12(2,3)7-13(8,15)10-4-9(14)5-16-11(10)17;2-1-3/h1-2,5-6,13H,3-4,7-8H2;4-5,8H,6-7H2,1-3H3,(H,16,17);1H,(H,2,3)/t;8-,13+,19?;/m.0./s1. The lowest BCUT2D eigenvalue weighted by Crippen LogP contribution is -2.50. The van der Waals surface area contributed by atoms with Crippen LogP contribution in [0.15, 0.2) is 45.7 Å². The van der Waals surface area contributed by atoms with Gasteiger partial charge in [0.15, 0.2) is 17.2 Å². The molecule has 0 bridgehead atoms. The predicted octanol–water partition coefficient (Wildman–Crippen LogP) is 6.37. The van der Waals surface area contributed by atoms with Gasteiger partial charge in [-0.25, -0.2) is 23.1 Å². The Bertz CT molecular complexity index is 1690. The van der Waals surface area contributed by atoms with E-state index in [9.17, 15) is 17.8 Å². The zero-order chi connectivity index (χ0) is 31.5. The summed E-state index contributed by atoms with van der Waals surface area (Å²) < 4.78 is 58.8. The van der Waals surface area contributed by atoms with E-state index < -0.39 is 44.9 Å². The first-order chi connectivity index (χ1) is 20.3. The van der Waals surface area contributed by atoms with Crippen LogP contribution >= 0.6 is 11.6 Å². The van der Waals surface area contributed by atoms with Crippen molar-refractivity contribution in [1.82, 2.24) is 15.0 Å². The number of carbonyl (C=O) groups is 1. The molecule has 0 aliphatic carbocycles. The zero-order valence-corrected chi connectivity index (χ0v) is 25.4. The number of hydrogen-bond acceptors (Lipinski definition) is 7. The predicted molar refractivity (Wildman–Crippen MR) is 160 cm³/mol. The van der Waals surface area contributed by atoms with Gasteiger partial charge < -0.3 is 19.4 Å². The average molecular weight is 641 g/mol. The summed E-state index contributed by atoms with van der Waals surface area (Å²) in [6, 6.07) is 8.71. The van der Waals surface area contributed by atoms with E-state index in [2.05, 4.69) is 15.0 Å². The van der Waals surface area contributed by atoms with Crippen LogP contribution in [0.1, 0.15) is 57.8 Å². The molecule has 4 aromatic rings. The average Bonchev–Trinajstić information content (AvgIpc) is 3.62. The molecule has 0 radical (unpaired) electrons. The van der Waals surface area contributed by atoms with Gasteiger partial charge in [0.25, 0.3) is 18.5 Å². The molecule has 2 aliphatic rings. The molecule has 1 unspecified atom stereocenters. The second kappa shape index (κ2) is 13.0. The number of nitrogens with one attached hydrogen (secondary N) is 1. The number of carboxylic acid groups (broad SMARTS) is 1. The van der Waals surface area contributed by atoms with Gasteiger partial charge in [-0.05, 0) is 44.9 Å². The topological polar surface area (TPSA) is 129 Å². The van der Waals surface area contributed by atoms with Gasteiger partial charge in [-0.1, -0.05) is 30.7 Å². The second-order valence-corrected chi connectivity index (χ2v) is 13.6. The molecule has 43 heavy (non-hydrogen) atoms. The summed E-state index contributed by atoms with van der Waals surface area (Å²) in [6.45, 7) is 6.59. The largest absolute Gasteiger partial charge is 0.483 e. The summed E-state index contributed by atoms with van der Waals surface area (Å²) in [5.74, 6) is -0.184. The van der Waals surface area contributed by atoms with Crippen LogP contribution < -0.4 is 10.5 Å². The Morgan fingerprint density at radius 3 is 2.53 bits per heavy atom. The van der Waals surface area contributed by atoms with Gasteiger partial charge >= 0.3 is 0 Å². The van der Waals surface area contributed by atoms with Crippen molar-refractivity contribution in [3.05, 3.63) is 63.3 Å². The molecule has 232 valence electrons. The number of furan rings is 1. The Hall–Kier alpha value is -3.45. The SMILES string of the molecule is C[C@H]1CS(=O)C(C)(C)C[C@]1(F)c1cc(Cl)c[nH]c1=O.FC(F)c1nc(N2CCCC2)c2oc3ccccc3c2n1.O=CO. The van der Waals surface area contributed by atoms with Crippen LogP contribution in [0.2, 0.25) is 5.02 Å². The molecular formula is C29H32ClF3N4O5S. The lowest BCUT2D eigenvalue weighted by atomic mass is 9.78. The van der Waals surface area contributed by atoms with Gasteiger partial charge in [-0.15, -0.1) is 0 Å². The third-order valence-corrected chi connectivity index (χ3v) is 10.0. The highest BCUT2D eigenvalue weighted by molar-refractivity contribution is 7.86.